The first-order valence-corrected chi connectivity index (χ1v) is 7.27. The molecule has 2 N–H and O–H groups in total. The number of hydrogen-bond donors (Lipinski definition) is 2. The molecule has 0 aliphatic carbocycles. The number of carbonyl (C=O) groups is 1. The highest BCUT2D eigenvalue weighted by atomic mass is 35.5. The molecule has 1 atom stereocenters. The van der Waals surface area contributed by atoms with Crippen LogP contribution in [0.25, 0.3) is 0 Å². The summed E-state index contributed by atoms with van der Waals surface area (Å²) in [5, 5.41) is 12.6. The van der Waals surface area contributed by atoms with Crippen molar-refractivity contribution in [2.75, 3.05) is 6.54 Å². The van der Waals surface area contributed by atoms with E-state index in [0.717, 1.165) is 0 Å². The van der Waals surface area contributed by atoms with Gasteiger partial charge in [-0.15, -0.1) is 0 Å². The minimum absolute atomic E-state index is 0.120. The van der Waals surface area contributed by atoms with E-state index in [1.54, 1.807) is 31.2 Å². The Bertz CT molecular complexity index is 678. The number of aromatic nitrogens is 1. The van der Waals surface area contributed by atoms with Crippen LogP contribution in [0, 0.1) is 0 Å². The second kappa shape index (κ2) is 7.45. The third kappa shape index (κ3) is 4.34. The third-order valence-electron chi connectivity index (χ3n) is 2.67. The molecule has 7 heteroatoms. The van der Waals surface area contributed by atoms with Gasteiger partial charge in [0, 0.05) is 17.8 Å². The molecule has 2 aromatic rings. The predicted octanol–water partition coefficient (Wildman–Crippen LogP) is 3.29. The third-order valence-corrected chi connectivity index (χ3v) is 3.20. The van der Waals surface area contributed by atoms with Gasteiger partial charge in [-0.25, -0.2) is 4.98 Å². The van der Waals surface area contributed by atoms with Crippen LogP contribution < -0.4 is 10.1 Å². The van der Waals surface area contributed by atoms with Crippen molar-refractivity contribution in [1.82, 2.24) is 10.3 Å². The van der Waals surface area contributed by atoms with Gasteiger partial charge in [0.25, 0.3) is 5.91 Å². The molecule has 0 aliphatic heterocycles. The smallest absolute Gasteiger partial charge is 0.256 e. The number of amides is 1. The molecule has 0 spiro atoms. The highest BCUT2D eigenvalue weighted by Crippen LogP contribution is 2.31. The van der Waals surface area contributed by atoms with Crippen LogP contribution in [0.15, 0.2) is 36.5 Å². The van der Waals surface area contributed by atoms with Crippen LogP contribution >= 0.6 is 23.2 Å². The van der Waals surface area contributed by atoms with Crippen LogP contribution in [0.2, 0.25) is 10.0 Å². The Hall–Kier alpha value is -1.82. The van der Waals surface area contributed by atoms with E-state index in [4.69, 9.17) is 27.9 Å². The number of carbonyl (C=O) groups excluding carboxylic acids is 1. The van der Waals surface area contributed by atoms with Gasteiger partial charge in [-0.05, 0) is 37.3 Å². The van der Waals surface area contributed by atoms with Gasteiger partial charge in [0.1, 0.15) is 11.3 Å². The molecule has 1 amide bonds. The average Bonchev–Trinajstić information content (AvgIpc) is 2.48. The maximum absolute atomic E-state index is 12.1. The summed E-state index contributed by atoms with van der Waals surface area (Å²) in [5.41, 5.74) is 0.245. The van der Waals surface area contributed by atoms with Gasteiger partial charge in [0.2, 0.25) is 5.88 Å². The Labute approximate surface area is 137 Å². The monoisotopic (exact) mass is 340 g/mol. The van der Waals surface area contributed by atoms with Gasteiger partial charge in [0.15, 0.2) is 0 Å². The number of benzene rings is 1. The Kier molecular flexibility index (Phi) is 5.60. The van der Waals surface area contributed by atoms with Gasteiger partial charge in [0.05, 0.1) is 11.1 Å². The number of nitrogens with zero attached hydrogens (tertiary/aromatic N) is 1. The van der Waals surface area contributed by atoms with Crippen LogP contribution in [0.3, 0.4) is 0 Å². The number of rotatable bonds is 5. The molecule has 0 saturated heterocycles. The summed E-state index contributed by atoms with van der Waals surface area (Å²) in [6, 6.07) is 7.95. The lowest BCUT2D eigenvalue weighted by atomic mass is 10.2. The van der Waals surface area contributed by atoms with Crippen molar-refractivity contribution in [2.45, 2.75) is 13.0 Å². The van der Waals surface area contributed by atoms with Crippen molar-refractivity contribution in [2.24, 2.45) is 0 Å². The van der Waals surface area contributed by atoms with Gasteiger partial charge < -0.3 is 15.2 Å². The van der Waals surface area contributed by atoms with E-state index in [0.29, 0.717) is 15.8 Å². The van der Waals surface area contributed by atoms with E-state index >= 15 is 0 Å². The Balaban J connectivity index is 2.22. The Morgan fingerprint density at radius 2 is 2.18 bits per heavy atom. The zero-order valence-corrected chi connectivity index (χ0v) is 13.2. The zero-order valence-electron chi connectivity index (χ0n) is 11.7. The number of hydrogen-bond acceptors (Lipinski definition) is 4. The quantitative estimate of drug-likeness (QED) is 0.875. The summed E-state index contributed by atoms with van der Waals surface area (Å²) >= 11 is 11.9. The van der Waals surface area contributed by atoms with Crippen molar-refractivity contribution < 1.29 is 14.6 Å². The van der Waals surface area contributed by atoms with E-state index in [1.807, 2.05) is 0 Å². The fraction of sp³-hybridized carbons (Fsp3) is 0.200. The lowest BCUT2D eigenvalue weighted by molar-refractivity contribution is 0.0921. The summed E-state index contributed by atoms with van der Waals surface area (Å²) < 4.78 is 5.60. The summed E-state index contributed by atoms with van der Waals surface area (Å²) in [4.78, 5) is 16.2. The molecule has 0 bridgehead atoms. The minimum atomic E-state index is -0.643. The zero-order chi connectivity index (χ0) is 16.1. The second-order valence-electron chi connectivity index (χ2n) is 4.59. The number of ether oxygens (including phenoxy) is 1. The van der Waals surface area contributed by atoms with Crippen molar-refractivity contribution in [3.05, 3.63) is 52.1 Å². The van der Waals surface area contributed by atoms with Gasteiger partial charge in [-0.1, -0.05) is 23.2 Å². The van der Waals surface area contributed by atoms with Crippen LogP contribution in [0.5, 0.6) is 11.6 Å². The second-order valence-corrected chi connectivity index (χ2v) is 5.44. The van der Waals surface area contributed by atoms with E-state index in [2.05, 4.69) is 10.3 Å². The number of halogens is 2. The first-order chi connectivity index (χ1) is 10.5. The molecule has 1 aromatic heterocycles. The lowest BCUT2D eigenvalue weighted by Gasteiger charge is -2.12. The molecular formula is C15H14Cl2N2O3. The summed E-state index contributed by atoms with van der Waals surface area (Å²) in [7, 11) is 0. The summed E-state index contributed by atoms with van der Waals surface area (Å²) in [5.74, 6) is 0.0678. The molecule has 1 heterocycles. The number of pyridine rings is 1. The average molecular weight is 341 g/mol. The molecule has 22 heavy (non-hydrogen) atoms. The highest BCUT2D eigenvalue weighted by molar-refractivity contribution is 6.35. The summed E-state index contributed by atoms with van der Waals surface area (Å²) in [6.07, 6.45) is 0.862. The molecule has 1 unspecified atom stereocenters. The van der Waals surface area contributed by atoms with E-state index in [-0.39, 0.29) is 18.0 Å². The molecule has 116 valence electrons. The van der Waals surface area contributed by atoms with E-state index in [1.165, 1.54) is 12.3 Å². The molecular weight excluding hydrogens is 327 g/mol. The van der Waals surface area contributed by atoms with E-state index in [9.17, 15) is 9.90 Å². The lowest BCUT2D eigenvalue weighted by Crippen LogP contribution is -2.30. The largest absolute Gasteiger partial charge is 0.437 e. The molecule has 0 radical (unpaired) electrons. The van der Waals surface area contributed by atoms with Crippen LogP contribution in [-0.2, 0) is 0 Å². The first-order valence-electron chi connectivity index (χ1n) is 6.51. The Morgan fingerprint density at radius 3 is 2.86 bits per heavy atom. The molecule has 1 aromatic carbocycles. The minimum Gasteiger partial charge on any atom is -0.437 e. The molecule has 2 rings (SSSR count). The van der Waals surface area contributed by atoms with Crippen LogP contribution in [0.1, 0.15) is 17.3 Å². The van der Waals surface area contributed by atoms with Gasteiger partial charge >= 0.3 is 0 Å². The molecule has 0 aliphatic rings. The fourth-order valence-electron chi connectivity index (χ4n) is 1.64. The number of nitrogens with one attached hydrogen (secondary N) is 1. The normalized spacial score (nSPS) is 11.8. The van der Waals surface area contributed by atoms with Crippen LogP contribution in [0.4, 0.5) is 0 Å². The molecule has 0 saturated carbocycles. The Morgan fingerprint density at radius 1 is 1.41 bits per heavy atom. The van der Waals surface area contributed by atoms with Crippen molar-refractivity contribution in [3.63, 3.8) is 0 Å². The maximum Gasteiger partial charge on any atom is 0.256 e. The van der Waals surface area contributed by atoms with Crippen molar-refractivity contribution in [1.29, 1.82) is 0 Å². The van der Waals surface area contributed by atoms with Gasteiger partial charge in [-0.2, -0.15) is 0 Å². The number of aliphatic hydroxyl groups is 1. The van der Waals surface area contributed by atoms with Crippen molar-refractivity contribution >= 4 is 29.1 Å². The first kappa shape index (κ1) is 16.5. The fourth-order valence-corrected chi connectivity index (χ4v) is 2.09. The predicted molar refractivity (Wildman–Crippen MR) is 84.8 cm³/mol. The van der Waals surface area contributed by atoms with E-state index < -0.39 is 12.0 Å². The SMILES string of the molecule is CC(O)CNC(=O)c1cccnc1Oc1ccc(Cl)cc1Cl. The topological polar surface area (TPSA) is 71.5 Å². The summed E-state index contributed by atoms with van der Waals surface area (Å²) in [6.45, 7) is 1.71. The van der Waals surface area contributed by atoms with Crippen LogP contribution in [-0.4, -0.2) is 28.6 Å². The molecule has 0 fully saturated rings. The van der Waals surface area contributed by atoms with Gasteiger partial charge in [-0.3, -0.25) is 4.79 Å². The highest BCUT2D eigenvalue weighted by Gasteiger charge is 2.15. The van der Waals surface area contributed by atoms with Crippen molar-refractivity contribution in [3.8, 4) is 11.6 Å². The maximum atomic E-state index is 12.1. The number of aliphatic hydroxyl groups excluding tert-OH is 1. The standard InChI is InChI=1S/C15H14Cl2N2O3/c1-9(20)8-19-14(21)11-3-2-6-18-15(11)22-13-5-4-10(16)7-12(13)17/h2-7,9,20H,8H2,1H3,(H,19,21). The molecule has 5 nitrogen and oxygen atoms in total.